The molecule has 5 nitrogen and oxygen atoms in total. The topological polar surface area (TPSA) is 64.6 Å². The smallest absolute Gasteiger partial charge is 0.339 e. The van der Waals surface area contributed by atoms with E-state index in [1.165, 1.54) is 23.6 Å². The summed E-state index contributed by atoms with van der Waals surface area (Å²) < 4.78 is 10.9. The molecule has 1 atom stereocenters. The number of rotatable bonds is 6. The summed E-state index contributed by atoms with van der Waals surface area (Å²) in [6.07, 6.45) is 3.66. The first-order valence-corrected chi connectivity index (χ1v) is 9.92. The van der Waals surface area contributed by atoms with Crippen LogP contribution in [0.5, 0.6) is 5.75 Å². The van der Waals surface area contributed by atoms with E-state index >= 15 is 0 Å². The molecule has 2 aromatic rings. The van der Waals surface area contributed by atoms with Crippen LogP contribution < -0.4 is 10.1 Å². The van der Waals surface area contributed by atoms with Crippen LogP contribution in [0.3, 0.4) is 0 Å². The molecule has 0 saturated heterocycles. The zero-order chi connectivity index (χ0) is 20.1. The van der Waals surface area contributed by atoms with Crippen molar-refractivity contribution in [1.29, 1.82) is 0 Å². The van der Waals surface area contributed by atoms with Gasteiger partial charge in [-0.1, -0.05) is 23.7 Å². The van der Waals surface area contributed by atoms with Gasteiger partial charge in [0.1, 0.15) is 5.75 Å². The SMILES string of the molecule is CCOC(=O)c1cc(NC(=O)[C@H](C)Oc2cccc3c2CCCC3)ccc1Cl. The molecule has 0 aliphatic heterocycles. The van der Waals surface area contributed by atoms with Crippen molar-refractivity contribution in [2.24, 2.45) is 0 Å². The van der Waals surface area contributed by atoms with Gasteiger partial charge in [0.05, 0.1) is 17.2 Å². The largest absolute Gasteiger partial charge is 0.481 e. The Morgan fingerprint density at radius 2 is 1.96 bits per heavy atom. The Morgan fingerprint density at radius 1 is 1.18 bits per heavy atom. The maximum absolute atomic E-state index is 12.6. The van der Waals surface area contributed by atoms with Crippen LogP contribution in [0.15, 0.2) is 36.4 Å². The van der Waals surface area contributed by atoms with E-state index in [1.807, 2.05) is 12.1 Å². The highest BCUT2D eigenvalue weighted by atomic mass is 35.5. The van der Waals surface area contributed by atoms with Gasteiger partial charge in [0, 0.05) is 5.69 Å². The number of carbonyl (C=O) groups excluding carboxylic acids is 2. The van der Waals surface area contributed by atoms with Gasteiger partial charge in [-0.15, -0.1) is 0 Å². The lowest BCUT2D eigenvalue weighted by atomic mass is 9.91. The zero-order valence-corrected chi connectivity index (χ0v) is 16.8. The molecule has 0 fully saturated rings. The van der Waals surface area contributed by atoms with Gasteiger partial charge in [-0.05, 0) is 74.9 Å². The first-order chi connectivity index (χ1) is 13.5. The van der Waals surface area contributed by atoms with E-state index in [1.54, 1.807) is 26.0 Å². The molecule has 0 bridgehead atoms. The second-order valence-electron chi connectivity index (χ2n) is 6.77. The number of hydrogen-bond acceptors (Lipinski definition) is 4. The average molecular weight is 402 g/mol. The number of amides is 1. The lowest BCUT2D eigenvalue weighted by molar-refractivity contribution is -0.122. The molecular formula is C22H24ClNO4. The van der Waals surface area contributed by atoms with Gasteiger partial charge in [0.15, 0.2) is 6.10 Å². The third kappa shape index (κ3) is 4.65. The standard InChI is InChI=1S/C22H24ClNO4/c1-3-27-22(26)18-13-16(11-12-19(18)23)24-21(25)14(2)28-20-10-6-8-15-7-4-5-9-17(15)20/h6,8,10-14H,3-5,7,9H2,1-2H3,(H,24,25)/t14-/m0/s1. The van der Waals surface area contributed by atoms with Gasteiger partial charge < -0.3 is 14.8 Å². The predicted molar refractivity (Wildman–Crippen MR) is 109 cm³/mol. The van der Waals surface area contributed by atoms with Crippen LogP contribution in [0.1, 0.15) is 48.2 Å². The Hall–Kier alpha value is -2.53. The van der Waals surface area contributed by atoms with E-state index in [0.29, 0.717) is 5.69 Å². The number of nitrogens with one attached hydrogen (secondary N) is 1. The van der Waals surface area contributed by atoms with E-state index in [4.69, 9.17) is 21.1 Å². The summed E-state index contributed by atoms with van der Waals surface area (Å²) in [7, 11) is 0. The Bertz CT molecular complexity index is 881. The van der Waals surface area contributed by atoms with Gasteiger partial charge in [0.2, 0.25) is 0 Å². The Labute approximate surface area is 170 Å². The van der Waals surface area contributed by atoms with Crippen molar-refractivity contribution in [3.8, 4) is 5.75 Å². The van der Waals surface area contributed by atoms with Crippen LogP contribution in [0, 0.1) is 0 Å². The number of carbonyl (C=O) groups is 2. The number of fused-ring (bicyclic) bond motifs is 1. The molecule has 1 aliphatic rings. The molecule has 1 amide bonds. The molecule has 0 unspecified atom stereocenters. The Kier molecular flexibility index (Phi) is 6.57. The molecule has 1 aliphatic carbocycles. The van der Waals surface area contributed by atoms with Crippen LogP contribution in [0.2, 0.25) is 5.02 Å². The summed E-state index contributed by atoms with van der Waals surface area (Å²) in [4.78, 5) is 24.6. The molecule has 2 aromatic carbocycles. The highest BCUT2D eigenvalue weighted by Crippen LogP contribution is 2.30. The molecule has 0 aromatic heterocycles. The first-order valence-electron chi connectivity index (χ1n) is 9.54. The maximum atomic E-state index is 12.6. The first kappa shape index (κ1) is 20.2. The number of ether oxygens (including phenoxy) is 2. The van der Waals surface area contributed by atoms with Crippen molar-refractivity contribution in [2.45, 2.75) is 45.6 Å². The fourth-order valence-corrected chi connectivity index (χ4v) is 3.51. The van der Waals surface area contributed by atoms with Crippen molar-refractivity contribution in [3.05, 3.63) is 58.1 Å². The number of hydrogen-bond donors (Lipinski definition) is 1. The van der Waals surface area contributed by atoms with Gasteiger partial charge in [0.25, 0.3) is 5.91 Å². The van der Waals surface area contributed by atoms with E-state index in [0.717, 1.165) is 25.0 Å². The zero-order valence-electron chi connectivity index (χ0n) is 16.1. The van der Waals surface area contributed by atoms with Crippen molar-refractivity contribution in [1.82, 2.24) is 0 Å². The summed E-state index contributed by atoms with van der Waals surface area (Å²) in [6, 6.07) is 10.7. The summed E-state index contributed by atoms with van der Waals surface area (Å²) in [5.41, 5.74) is 3.17. The number of esters is 1. The predicted octanol–water partition coefficient (Wildman–Crippen LogP) is 4.80. The van der Waals surface area contributed by atoms with Gasteiger partial charge in [-0.3, -0.25) is 4.79 Å². The van der Waals surface area contributed by atoms with Crippen molar-refractivity contribution < 1.29 is 19.1 Å². The maximum Gasteiger partial charge on any atom is 0.339 e. The molecule has 28 heavy (non-hydrogen) atoms. The molecule has 3 rings (SSSR count). The Morgan fingerprint density at radius 3 is 2.75 bits per heavy atom. The second-order valence-corrected chi connectivity index (χ2v) is 7.17. The molecule has 0 spiro atoms. The summed E-state index contributed by atoms with van der Waals surface area (Å²) >= 11 is 6.06. The number of halogens is 1. The van der Waals surface area contributed by atoms with Gasteiger partial charge in [-0.2, -0.15) is 0 Å². The molecule has 148 valence electrons. The molecule has 1 N–H and O–H groups in total. The van der Waals surface area contributed by atoms with E-state index in [9.17, 15) is 9.59 Å². The Balaban J connectivity index is 1.70. The van der Waals surface area contributed by atoms with Crippen molar-refractivity contribution in [2.75, 3.05) is 11.9 Å². The minimum absolute atomic E-state index is 0.215. The minimum atomic E-state index is -0.685. The highest BCUT2D eigenvalue weighted by molar-refractivity contribution is 6.33. The normalized spacial score (nSPS) is 14.0. The monoisotopic (exact) mass is 401 g/mol. The van der Waals surface area contributed by atoms with E-state index < -0.39 is 12.1 Å². The fraction of sp³-hybridized carbons (Fsp3) is 0.364. The lowest BCUT2D eigenvalue weighted by Gasteiger charge is -2.22. The molecule has 0 saturated carbocycles. The van der Waals surface area contributed by atoms with E-state index in [2.05, 4.69) is 11.4 Å². The number of benzene rings is 2. The average Bonchev–Trinajstić information content (AvgIpc) is 2.69. The molecular weight excluding hydrogens is 378 g/mol. The van der Waals surface area contributed by atoms with Crippen LogP contribution in [0.4, 0.5) is 5.69 Å². The summed E-state index contributed by atoms with van der Waals surface area (Å²) in [6.45, 7) is 3.68. The third-order valence-electron chi connectivity index (χ3n) is 4.76. The van der Waals surface area contributed by atoms with Gasteiger partial charge >= 0.3 is 5.97 Å². The van der Waals surface area contributed by atoms with E-state index in [-0.39, 0.29) is 23.1 Å². The van der Waals surface area contributed by atoms with Crippen LogP contribution in [0.25, 0.3) is 0 Å². The fourth-order valence-electron chi connectivity index (χ4n) is 3.31. The summed E-state index contributed by atoms with van der Waals surface area (Å²) in [5, 5.41) is 3.05. The number of aryl methyl sites for hydroxylation is 1. The van der Waals surface area contributed by atoms with Crippen molar-refractivity contribution >= 4 is 29.2 Å². The highest BCUT2D eigenvalue weighted by Gasteiger charge is 2.20. The summed E-state index contributed by atoms with van der Waals surface area (Å²) in [5.74, 6) is -0.0578. The lowest BCUT2D eigenvalue weighted by Crippen LogP contribution is -2.30. The minimum Gasteiger partial charge on any atom is -0.481 e. The van der Waals surface area contributed by atoms with Crippen LogP contribution >= 0.6 is 11.6 Å². The third-order valence-corrected chi connectivity index (χ3v) is 5.08. The molecule has 6 heteroatoms. The quantitative estimate of drug-likeness (QED) is 0.706. The number of anilines is 1. The van der Waals surface area contributed by atoms with Crippen LogP contribution in [-0.2, 0) is 22.4 Å². The van der Waals surface area contributed by atoms with Gasteiger partial charge in [-0.25, -0.2) is 4.79 Å². The second kappa shape index (κ2) is 9.11. The van der Waals surface area contributed by atoms with Crippen molar-refractivity contribution in [3.63, 3.8) is 0 Å². The van der Waals surface area contributed by atoms with Crippen LogP contribution in [-0.4, -0.2) is 24.6 Å². The molecule has 0 heterocycles. The molecule has 0 radical (unpaired) electrons.